The van der Waals surface area contributed by atoms with Crippen LogP contribution in [0.4, 0.5) is 4.79 Å². The molecule has 1 amide bonds. The van der Waals surface area contributed by atoms with Crippen LogP contribution in [-0.4, -0.2) is 54.2 Å². The van der Waals surface area contributed by atoms with Crippen LogP contribution in [-0.2, 0) is 25.6 Å². The number of methoxy groups -OCH3 is 1. The quantitative estimate of drug-likeness (QED) is 0.616. The molecule has 0 radical (unpaired) electrons. The highest BCUT2D eigenvalue weighted by molar-refractivity contribution is 5.81. The number of carboxylic acids is 1. The third kappa shape index (κ3) is 5.44. The molecule has 1 aromatic rings. The van der Waals surface area contributed by atoms with Crippen LogP contribution in [0, 0.1) is 0 Å². The molecule has 144 valence electrons. The maximum Gasteiger partial charge on any atom is 0.411 e. The fourth-order valence-electron chi connectivity index (χ4n) is 3.01. The molecule has 1 heterocycles. The van der Waals surface area contributed by atoms with E-state index in [4.69, 9.17) is 14.2 Å². The smallest absolute Gasteiger partial charge is 0.411 e. The minimum atomic E-state index is -1.02. The molecule has 1 aliphatic rings. The van der Waals surface area contributed by atoms with E-state index >= 15 is 0 Å². The maximum atomic E-state index is 12.4. The van der Waals surface area contributed by atoms with Gasteiger partial charge in [0.05, 0.1) is 6.61 Å². The zero-order valence-electron chi connectivity index (χ0n) is 15.7. The number of carbonyl (C=O) groups is 2. The van der Waals surface area contributed by atoms with E-state index in [1.165, 1.54) is 4.90 Å². The first-order chi connectivity index (χ1) is 12.2. The van der Waals surface area contributed by atoms with Gasteiger partial charge in [0, 0.05) is 19.6 Å². The van der Waals surface area contributed by atoms with E-state index in [-0.39, 0.29) is 12.7 Å². The molecule has 2 rings (SSSR count). The topological polar surface area (TPSA) is 85.3 Å². The number of ether oxygens (including phenoxy) is 3. The van der Waals surface area contributed by atoms with Gasteiger partial charge in [0.25, 0.3) is 0 Å². The first kappa shape index (κ1) is 20.2. The van der Waals surface area contributed by atoms with Gasteiger partial charge in [-0.1, -0.05) is 24.3 Å². The lowest BCUT2D eigenvalue weighted by atomic mass is 9.95. The lowest BCUT2D eigenvalue weighted by molar-refractivity contribution is -0.142. The van der Waals surface area contributed by atoms with Gasteiger partial charge in [-0.2, -0.15) is 0 Å². The van der Waals surface area contributed by atoms with Crippen LogP contribution in [0.25, 0.3) is 0 Å². The van der Waals surface area contributed by atoms with Crippen LogP contribution in [0.1, 0.15) is 44.2 Å². The van der Waals surface area contributed by atoms with Crippen LogP contribution in [0.2, 0.25) is 0 Å². The summed E-state index contributed by atoms with van der Waals surface area (Å²) in [5.74, 6) is -1.08. The standard InChI is InChI=1S/C19H27NO6/c1-19(2,3)26-18(23)20-10-15(9-16(20)17(21)22)14-7-5-6-13(8-14)11-25-12-24-4/h5-8,15-16H,9-12H2,1-4H3,(H,21,22). The number of carbonyl (C=O) groups excluding carboxylic acids is 1. The number of likely N-dealkylation sites (tertiary alicyclic amines) is 1. The molecule has 0 bridgehead atoms. The summed E-state index contributed by atoms with van der Waals surface area (Å²) in [7, 11) is 1.56. The average Bonchev–Trinajstić information content (AvgIpc) is 3.00. The largest absolute Gasteiger partial charge is 0.480 e. The number of benzene rings is 1. The summed E-state index contributed by atoms with van der Waals surface area (Å²) in [5.41, 5.74) is 1.29. The lowest BCUT2D eigenvalue weighted by Gasteiger charge is -2.26. The second-order valence-electron chi connectivity index (χ2n) is 7.42. The van der Waals surface area contributed by atoms with E-state index in [0.717, 1.165) is 11.1 Å². The van der Waals surface area contributed by atoms with Gasteiger partial charge < -0.3 is 19.3 Å². The van der Waals surface area contributed by atoms with Gasteiger partial charge in [0.15, 0.2) is 0 Å². The Labute approximate surface area is 153 Å². The van der Waals surface area contributed by atoms with Crippen molar-refractivity contribution in [2.24, 2.45) is 0 Å². The molecule has 2 atom stereocenters. The van der Waals surface area contributed by atoms with Gasteiger partial charge in [0.1, 0.15) is 18.4 Å². The highest BCUT2D eigenvalue weighted by Crippen LogP contribution is 2.33. The number of carboxylic acid groups (broad SMARTS) is 1. The van der Waals surface area contributed by atoms with Crippen LogP contribution in [0.5, 0.6) is 0 Å². The third-order valence-electron chi connectivity index (χ3n) is 4.11. The van der Waals surface area contributed by atoms with E-state index < -0.39 is 23.7 Å². The second-order valence-corrected chi connectivity index (χ2v) is 7.42. The average molecular weight is 365 g/mol. The van der Waals surface area contributed by atoms with Gasteiger partial charge in [0.2, 0.25) is 0 Å². The zero-order chi connectivity index (χ0) is 19.3. The van der Waals surface area contributed by atoms with E-state index in [0.29, 0.717) is 19.6 Å². The normalized spacial score (nSPS) is 20.2. The molecule has 26 heavy (non-hydrogen) atoms. The predicted octanol–water partition coefficient (Wildman–Crippen LogP) is 2.98. The number of hydrogen-bond donors (Lipinski definition) is 1. The number of rotatable bonds is 6. The zero-order valence-corrected chi connectivity index (χ0v) is 15.7. The Balaban J connectivity index is 2.12. The van der Waals surface area contributed by atoms with Gasteiger partial charge in [-0.15, -0.1) is 0 Å². The number of hydrogen-bond acceptors (Lipinski definition) is 5. The van der Waals surface area contributed by atoms with Gasteiger partial charge in [-0.25, -0.2) is 9.59 Å². The Hall–Kier alpha value is -2.12. The van der Waals surface area contributed by atoms with Crippen molar-refractivity contribution in [3.8, 4) is 0 Å². The van der Waals surface area contributed by atoms with Crippen molar-refractivity contribution in [1.29, 1.82) is 0 Å². The molecule has 1 saturated heterocycles. The monoisotopic (exact) mass is 365 g/mol. The lowest BCUT2D eigenvalue weighted by Crippen LogP contribution is -2.43. The summed E-state index contributed by atoms with van der Waals surface area (Å²) < 4.78 is 15.6. The van der Waals surface area contributed by atoms with Crippen LogP contribution in [0.15, 0.2) is 24.3 Å². The Morgan fingerprint density at radius 2 is 2.04 bits per heavy atom. The fourth-order valence-corrected chi connectivity index (χ4v) is 3.01. The van der Waals surface area contributed by atoms with Crippen molar-refractivity contribution in [2.75, 3.05) is 20.4 Å². The Morgan fingerprint density at radius 3 is 2.65 bits per heavy atom. The molecule has 0 aromatic heterocycles. The summed E-state index contributed by atoms with van der Waals surface area (Å²) in [6.45, 7) is 6.22. The Morgan fingerprint density at radius 1 is 1.31 bits per heavy atom. The molecule has 2 unspecified atom stereocenters. The summed E-state index contributed by atoms with van der Waals surface area (Å²) >= 11 is 0. The van der Waals surface area contributed by atoms with Crippen molar-refractivity contribution in [3.05, 3.63) is 35.4 Å². The third-order valence-corrected chi connectivity index (χ3v) is 4.11. The molecular formula is C19H27NO6. The fraction of sp³-hybridized carbons (Fsp3) is 0.579. The van der Waals surface area contributed by atoms with Crippen LogP contribution < -0.4 is 0 Å². The molecule has 1 N–H and O–H groups in total. The van der Waals surface area contributed by atoms with Crippen LogP contribution in [0.3, 0.4) is 0 Å². The first-order valence-corrected chi connectivity index (χ1v) is 8.59. The molecule has 1 fully saturated rings. The Kier molecular flexibility index (Phi) is 6.61. The number of amides is 1. The van der Waals surface area contributed by atoms with E-state index in [1.807, 2.05) is 24.3 Å². The minimum absolute atomic E-state index is 0.0639. The highest BCUT2D eigenvalue weighted by Gasteiger charge is 2.42. The number of aliphatic carboxylic acids is 1. The minimum Gasteiger partial charge on any atom is -0.480 e. The molecule has 0 spiro atoms. The first-order valence-electron chi connectivity index (χ1n) is 8.59. The van der Waals surface area contributed by atoms with Crippen molar-refractivity contribution < 1.29 is 28.9 Å². The molecule has 7 heteroatoms. The van der Waals surface area contributed by atoms with Gasteiger partial charge in [-0.3, -0.25) is 4.90 Å². The van der Waals surface area contributed by atoms with Crippen molar-refractivity contribution in [1.82, 2.24) is 4.90 Å². The summed E-state index contributed by atoms with van der Waals surface area (Å²) in [6.07, 6.45) is -0.233. The molecule has 7 nitrogen and oxygen atoms in total. The summed E-state index contributed by atoms with van der Waals surface area (Å²) in [5, 5.41) is 9.51. The van der Waals surface area contributed by atoms with Crippen LogP contribution >= 0.6 is 0 Å². The second kappa shape index (κ2) is 8.51. The molecule has 0 saturated carbocycles. The summed E-state index contributed by atoms with van der Waals surface area (Å²) in [4.78, 5) is 25.3. The van der Waals surface area contributed by atoms with E-state index in [1.54, 1.807) is 27.9 Å². The maximum absolute atomic E-state index is 12.4. The van der Waals surface area contributed by atoms with Gasteiger partial charge >= 0.3 is 12.1 Å². The van der Waals surface area contributed by atoms with Gasteiger partial charge in [-0.05, 0) is 38.3 Å². The van der Waals surface area contributed by atoms with E-state index in [2.05, 4.69) is 0 Å². The Bertz CT molecular complexity index is 639. The SMILES string of the molecule is COCOCc1cccc(C2CC(C(=O)O)N(C(=O)OC(C)(C)C)C2)c1. The number of nitrogens with zero attached hydrogens (tertiary/aromatic N) is 1. The van der Waals surface area contributed by atoms with Crippen molar-refractivity contribution in [3.63, 3.8) is 0 Å². The molecule has 1 aromatic carbocycles. The molecule has 1 aliphatic heterocycles. The predicted molar refractivity (Wildman–Crippen MR) is 94.8 cm³/mol. The van der Waals surface area contributed by atoms with Crippen molar-refractivity contribution in [2.45, 2.75) is 51.4 Å². The van der Waals surface area contributed by atoms with E-state index in [9.17, 15) is 14.7 Å². The summed E-state index contributed by atoms with van der Waals surface area (Å²) in [6, 6.07) is 6.89. The molecule has 0 aliphatic carbocycles. The highest BCUT2D eigenvalue weighted by atomic mass is 16.7. The van der Waals surface area contributed by atoms with Crippen molar-refractivity contribution >= 4 is 12.1 Å². The molecular weight excluding hydrogens is 338 g/mol.